The average Bonchev–Trinajstić information content (AvgIpc) is 3.25. The molecule has 0 radical (unpaired) electrons. The fourth-order valence-corrected chi connectivity index (χ4v) is 6.99. The number of allylic oxidation sites excluding steroid dienone is 12. The van der Waals surface area contributed by atoms with Crippen LogP contribution in [0.15, 0.2) is 72.9 Å². The monoisotopic (exact) mass is 892 g/mol. The number of carboxylic acid groups (broad SMARTS) is 1. The van der Waals surface area contributed by atoms with Gasteiger partial charge in [-0.2, -0.15) is 0 Å². The Labute approximate surface area is 376 Å². The van der Waals surface area contributed by atoms with Gasteiger partial charge in [-0.15, -0.1) is 0 Å². The zero-order valence-corrected chi connectivity index (χ0v) is 39.6. The molecule has 0 aromatic rings. The maximum atomic E-state index is 12.6. The van der Waals surface area contributed by atoms with Gasteiger partial charge in [0.1, 0.15) is 12.6 Å². The predicted octanol–water partition coefficient (Wildman–Crippen LogP) is 13.3. The number of carbonyl (C=O) groups excluding carboxylic acids is 2. The molecule has 0 heterocycles. The molecule has 0 saturated carbocycles. The molecule has 0 spiro atoms. The van der Waals surface area contributed by atoms with Crippen LogP contribution in [-0.4, -0.2) is 59.9 Å². The minimum absolute atomic E-state index is 0.0801. The van der Waals surface area contributed by atoms with Gasteiger partial charge in [0.15, 0.2) is 6.10 Å². The molecule has 0 aromatic heterocycles. The fourth-order valence-electron chi connectivity index (χ4n) is 6.21. The zero-order chi connectivity index (χ0) is 45.6. The molecule has 62 heavy (non-hydrogen) atoms. The zero-order valence-electron chi connectivity index (χ0n) is 38.7. The van der Waals surface area contributed by atoms with Crippen LogP contribution in [0.1, 0.15) is 194 Å². The summed E-state index contributed by atoms with van der Waals surface area (Å²) in [5, 5.41) is 8.91. The topological polar surface area (TPSA) is 172 Å². The van der Waals surface area contributed by atoms with E-state index >= 15 is 0 Å². The van der Waals surface area contributed by atoms with Crippen LogP contribution in [0.3, 0.4) is 0 Å². The Hall–Kier alpha value is -3.08. The van der Waals surface area contributed by atoms with Gasteiger partial charge < -0.3 is 25.2 Å². The van der Waals surface area contributed by atoms with Crippen molar-refractivity contribution < 1.29 is 47.5 Å². The van der Waals surface area contributed by atoms with E-state index in [0.29, 0.717) is 19.3 Å². The second kappa shape index (κ2) is 44.5. The maximum absolute atomic E-state index is 12.6. The van der Waals surface area contributed by atoms with Gasteiger partial charge in [-0.3, -0.25) is 23.4 Å². The molecule has 0 aliphatic rings. The van der Waals surface area contributed by atoms with Crippen LogP contribution < -0.4 is 5.73 Å². The summed E-state index contributed by atoms with van der Waals surface area (Å²) in [5.74, 6) is -2.46. The van der Waals surface area contributed by atoms with Gasteiger partial charge in [0.25, 0.3) is 0 Å². The van der Waals surface area contributed by atoms with Crippen LogP contribution in [0, 0.1) is 0 Å². The van der Waals surface area contributed by atoms with Gasteiger partial charge in [-0.25, -0.2) is 4.57 Å². The lowest BCUT2D eigenvalue weighted by Gasteiger charge is -2.20. The smallest absolute Gasteiger partial charge is 0.472 e. The van der Waals surface area contributed by atoms with Crippen LogP contribution in [0.5, 0.6) is 0 Å². The van der Waals surface area contributed by atoms with E-state index in [1.165, 1.54) is 96.3 Å². The average molecular weight is 892 g/mol. The highest BCUT2D eigenvalue weighted by Gasteiger charge is 2.28. The van der Waals surface area contributed by atoms with Gasteiger partial charge in [0.2, 0.25) is 0 Å². The number of phosphoric ester groups is 1. The summed E-state index contributed by atoms with van der Waals surface area (Å²) in [5.41, 5.74) is 5.34. The van der Waals surface area contributed by atoms with E-state index in [0.717, 1.165) is 51.4 Å². The first kappa shape index (κ1) is 58.9. The molecule has 0 aromatic carbocycles. The summed E-state index contributed by atoms with van der Waals surface area (Å²) in [6, 6.07) is -1.53. The maximum Gasteiger partial charge on any atom is 0.472 e. The van der Waals surface area contributed by atoms with Crippen molar-refractivity contribution in [1.82, 2.24) is 0 Å². The van der Waals surface area contributed by atoms with Crippen LogP contribution in [0.2, 0.25) is 0 Å². The lowest BCUT2D eigenvalue weighted by molar-refractivity contribution is -0.161. The van der Waals surface area contributed by atoms with Crippen molar-refractivity contribution in [2.45, 2.75) is 206 Å². The molecule has 4 N–H and O–H groups in total. The van der Waals surface area contributed by atoms with Gasteiger partial charge in [0.05, 0.1) is 13.2 Å². The van der Waals surface area contributed by atoms with Crippen molar-refractivity contribution in [2.75, 3.05) is 19.8 Å². The number of aliphatic carboxylic acids is 1. The molecule has 0 rings (SSSR count). The van der Waals surface area contributed by atoms with Crippen LogP contribution in [0.25, 0.3) is 0 Å². The molecule has 356 valence electrons. The number of nitrogens with two attached hydrogens (primary N) is 1. The molecule has 0 aliphatic carbocycles. The normalized spacial score (nSPS) is 14.3. The summed E-state index contributed by atoms with van der Waals surface area (Å²) in [4.78, 5) is 46.1. The second-order valence-electron chi connectivity index (χ2n) is 15.9. The Morgan fingerprint density at radius 2 is 0.919 bits per heavy atom. The van der Waals surface area contributed by atoms with Crippen LogP contribution in [0.4, 0.5) is 0 Å². The van der Waals surface area contributed by atoms with E-state index in [4.69, 9.17) is 24.8 Å². The van der Waals surface area contributed by atoms with Gasteiger partial charge in [-0.1, -0.05) is 177 Å². The van der Waals surface area contributed by atoms with E-state index in [1.807, 2.05) is 12.2 Å². The number of hydrogen-bond acceptors (Lipinski definition) is 9. The number of carboxylic acids is 1. The second-order valence-corrected chi connectivity index (χ2v) is 17.3. The van der Waals surface area contributed by atoms with Crippen molar-refractivity contribution in [3.63, 3.8) is 0 Å². The number of rotatable bonds is 44. The first-order valence-corrected chi connectivity index (χ1v) is 25.5. The molecule has 11 nitrogen and oxygen atoms in total. The Morgan fingerprint density at radius 3 is 1.42 bits per heavy atom. The van der Waals surface area contributed by atoms with Crippen LogP contribution >= 0.6 is 7.82 Å². The Balaban J connectivity index is 4.36. The summed E-state index contributed by atoms with van der Waals surface area (Å²) >= 11 is 0. The van der Waals surface area contributed by atoms with Crippen molar-refractivity contribution in [2.24, 2.45) is 5.73 Å². The highest BCUT2D eigenvalue weighted by Crippen LogP contribution is 2.43. The van der Waals surface area contributed by atoms with E-state index in [2.05, 4.69) is 79.1 Å². The molecular weight excluding hydrogens is 806 g/mol. The highest BCUT2D eigenvalue weighted by atomic mass is 31.2. The number of unbranched alkanes of at least 4 members (excludes halogenated alkanes) is 18. The van der Waals surface area contributed by atoms with Crippen molar-refractivity contribution >= 4 is 25.7 Å². The first-order valence-electron chi connectivity index (χ1n) is 24.0. The minimum Gasteiger partial charge on any atom is -0.480 e. The Morgan fingerprint density at radius 1 is 0.516 bits per heavy atom. The summed E-state index contributed by atoms with van der Waals surface area (Å²) in [6.45, 7) is 2.64. The molecule has 1 unspecified atom stereocenters. The molecule has 0 fully saturated rings. The molecule has 0 bridgehead atoms. The van der Waals surface area contributed by atoms with E-state index in [9.17, 15) is 23.8 Å². The third-order valence-corrected chi connectivity index (χ3v) is 10.9. The van der Waals surface area contributed by atoms with E-state index in [-0.39, 0.29) is 19.4 Å². The summed E-state index contributed by atoms with van der Waals surface area (Å²) in [7, 11) is -4.74. The van der Waals surface area contributed by atoms with Crippen molar-refractivity contribution in [3.05, 3.63) is 72.9 Å². The standard InChI is InChI=1S/C50H86NO10P/c1-3-5-7-9-11-13-15-17-19-21-22-23-24-26-27-29-31-33-35-37-39-41-48(52)58-43-46(44-59-62(56,57)60-45-47(51)50(54)55)61-49(53)42-40-38-36-34-32-30-28-25-20-18-16-14-12-10-8-6-4-2/h6,8,12,14,17-20,28,30,34,36,46-47H,3-5,7,9-11,13,15-16,21-27,29,31-33,35,37-45,51H2,1-2H3,(H,54,55)(H,56,57)/b8-6+,14-12+,19-17+,20-18+,30-28+,36-34+/t46-,47+/m1/s1. The lowest BCUT2D eigenvalue weighted by atomic mass is 10.0. The largest absolute Gasteiger partial charge is 0.480 e. The van der Waals surface area contributed by atoms with Crippen molar-refractivity contribution in [1.29, 1.82) is 0 Å². The fraction of sp³-hybridized carbons (Fsp3) is 0.700. The van der Waals surface area contributed by atoms with Crippen molar-refractivity contribution in [3.8, 4) is 0 Å². The predicted molar refractivity (Wildman–Crippen MR) is 254 cm³/mol. The molecule has 0 aliphatic heterocycles. The minimum atomic E-state index is -4.74. The Kier molecular flexibility index (Phi) is 42.3. The number of esters is 2. The molecular formula is C50H86NO10P. The summed E-state index contributed by atoms with van der Waals surface area (Å²) in [6.07, 6.45) is 54.0. The number of ether oxygens (including phenoxy) is 2. The van der Waals surface area contributed by atoms with Gasteiger partial charge in [0, 0.05) is 12.8 Å². The Bertz CT molecular complexity index is 1320. The number of carbonyl (C=O) groups is 3. The van der Waals surface area contributed by atoms with E-state index < -0.39 is 51.1 Å². The quantitative estimate of drug-likeness (QED) is 0.0230. The molecule has 3 atom stereocenters. The van der Waals surface area contributed by atoms with Crippen LogP contribution in [-0.2, 0) is 37.5 Å². The number of phosphoric acid groups is 1. The molecule has 0 amide bonds. The van der Waals surface area contributed by atoms with Gasteiger partial charge >= 0.3 is 25.7 Å². The SMILES string of the molecule is CC/C=C/C/C=C/C/C=C/C/C=C/C/C=C/CCCC(=O)O[C@H](COC(=O)CCCCCCCCCCCCC/C=C/CCCCCCCC)COP(=O)(O)OC[C@H](N)C(=O)O. The number of hydrogen-bond donors (Lipinski definition) is 3. The van der Waals surface area contributed by atoms with Gasteiger partial charge in [-0.05, 0) is 77.0 Å². The molecule has 0 saturated heterocycles. The third-order valence-electron chi connectivity index (χ3n) is 9.94. The lowest BCUT2D eigenvalue weighted by Crippen LogP contribution is -2.34. The highest BCUT2D eigenvalue weighted by molar-refractivity contribution is 7.47. The third kappa shape index (κ3) is 43.6. The summed E-state index contributed by atoms with van der Waals surface area (Å²) < 4.78 is 32.7. The first-order chi connectivity index (χ1) is 30.1. The molecule has 12 heteroatoms. The van der Waals surface area contributed by atoms with E-state index in [1.54, 1.807) is 0 Å².